The Morgan fingerprint density at radius 1 is 1.60 bits per heavy atom. The number of anilines is 1. The van der Waals surface area contributed by atoms with Crippen LogP contribution in [0.25, 0.3) is 11.2 Å². The number of nitrogens with one attached hydrogen (secondary N) is 1. The Labute approximate surface area is 111 Å². The van der Waals surface area contributed by atoms with Gasteiger partial charge in [-0.25, -0.2) is 9.37 Å². The van der Waals surface area contributed by atoms with Gasteiger partial charge in [0, 0.05) is 0 Å². The van der Waals surface area contributed by atoms with Crippen molar-refractivity contribution in [3.8, 4) is 0 Å². The maximum Gasteiger partial charge on any atom is 0.280 e. The van der Waals surface area contributed by atoms with Crippen molar-refractivity contribution in [2.45, 2.75) is 18.9 Å². The van der Waals surface area contributed by atoms with Gasteiger partial charge in [0.2, 0.25) is 5.95 Å². The molecule has 0 radical (unpaired) electrons. The van der Waals surface area contributed by atoms with Crippen LogP contribution >= 0.6 is 0 Å². The van der Waals surface area contributed by atoms with Crippen molar-refractivity contribution >= 4 is 17.1 Å². The smallest absolute Gasteiger partial charge is 0.280 e. The highest BCUT2D eigenvalue weighted by molar-refractivity contribution is 5.70. The van der Waals surface area contributed by atoms with E-state index in [0.29, 0.717) is 0 Å². The highest BCUT2D eigenvalue weighted by Crippen LogP contribution is 2.08. The van der Waals surface area contributed by atoms with Crippen molar-refractivity contribution in [1.29, 1.82) is 0 Å². The van der Waals surface area contributed by atoms with Crippen molar-refractivity contribution in [3.63, 3.8) is 0 Å². The van der Waals surface area contributed by atoms with Crippen LogP contribution in [-0.4, -0.2) is 55.2 Å². The highest BCUT2D eigenvalue weighted by atomic mass is 19.1. The predicted molar refractivity (Wildman–Crippen MR) is 66.5 cm³/mol. The van der Waals surface area contributed by atoms with E-state index in [9.17, 15) is 14.3 Å². The van der Waals surface area contributed by atoms with Gasteiger partial charge in [0.1, 0.15) is 25.6 Å². The van der Waals surface area contributed by atoms with Gasteiger partial charge >= 0.3 is 0 Å². The van der Waals surface area contributed by atoms with Crippen molar-refractivity contribution < 1.29 is 19.3 Å². The van der Waals surface area contributed by atoms with Gasteiger partial charge < -0.3 is 20.7 Å². The number of alkyl halides is 1. The second-order valence-electron chi connectivity index (χ2n) is 4.08. The molecule has 0 saturated heterocycles. The number of nitrogens with two attached hydrogens (primary N) is 1. The molecule has 0 amide bonds. The number of ether oxygens (including phenoxy) is 1. The Morgan fingerprint density at radius 3 is 3.00 bits per heavy atom. The zero-order valence-electron chi connectivity index (χ0n) is 10.4. The van der Waals surface area contributed by atoms with Gasteiger partial charge in [-0.15, -0.1) is 0 Å². The molecule has 110 valence electrons. The molecular formula is C10H14FN5O4. The van der Waals surface area contributed by atoms with E-state index in [-0.39, 0.29) is 23.8 Å². The van der Waals surface area contributed by atoms with E-state index in [2.05, 4.69) is 15.0 Å². The topological polar surface area (TPSA) is 139 Å². The van der Waals surface area contributed by atoms with E-state index in [1.807, 2.05) is 0 Å². The van der Waals surface area contributed by atoms with E-state index in [1.165, 1.54) is 10.9 Å². The summed E-state index contributed by atoms with van der Waals surface area (Å²) in [6.07, 6.45) is -1.23. The lowest BCUT2D eigenvalue weighted by molar-refractivity contribution is -0.0919. The fourth-order valence-electron chi connectivity index (χ4n) is 1.63. The molecule has 20 heavy (non-hydrogen) atoms. The lowest BCUT2D eigenvalue weighted by Crippen LogP contribution is -2.34. The number of halogens is 1. The molecule has 5 N–H and O–H groups in total. The Balaban J connectivity index is 2.20. The summed E-state index contributed by atoms with van der Waals surface area (Å²) in [5.74, 6) is -0.0771. The number of nitrogen functional groups attached to an aromatic ring is 1. The zero-order chi connectivity index (χ0) is 14.7. The molecule has 0 aliphatic carbocycles. The second kappa shape index (κ2) is 5.94. The van der Waals surface area contributed by atoms with Crippen LogP contribution < -0.4 is 11.3 Å². The van der Waals surface area contributed by atoms with E-state index >= 15 is 0 Å². The normalized spacial score (nSPS) is 14.6. The first-order chi connectivity index (χ1) is 9.56. The third-order valence-electron chi connectivity index (χ3n) is 2.69. The lowest BCUT2D eigenvalue weighted by Gasteiger charge is -2.19. The number of hydrogen-bond donors (Lipinski definition) is 4. The molecule has 0 fully saturated rings. The molecule has 0 bridgehead atoms. The average Bonchev–Trinajstić information content (AvgIpc) is 2.82. The number of hydrogen-bond acceptors (Lipinski definition) is 7. The number of imidazole rings is 1. The summed E-state index contributed by atoms with van der Waals surface area (Å²) in [7, 11) is 0. The molecule has 10 heteroatoms. The van der Waals surface area contributed by atoms with Gasteiger partial charge in [-0.1, -0.05) is 0 Å². The molecule has 0 spiro atoms. The molecule has 0 aromatic carbocycles. The summed E-state index contributed by atoms with van der Waals surface area (Å²) >= 11 is 0. The minimum Gasteiger partial charge on any atom is -0.394 e. The number of nitrogens with zero attached hydrogens (tertiary/aromatic N) is 3. The molecule has 0 saturated carbocycles. The molecule has 2 atom stereocenters. The maximum absolute atomic E-state index is 12.3. The predicted octanol–water partition coefficient (Wildman–Crippen LogP) is -1.63. The minimum atomic E-state index is -1.43. The maximum atomic E-state index is 12.3. The van der Waals surface area contributed by atoms with Gasteiger partial charge in [0.05, 0.1) is 12.9 Å². The van der Waals surface area contributed by atoms with Crippen LogP contribution in [0.4, 0.5) is 10.3 Å². The third-order valence-corrected chi connectivity index (χ3v) is 2.69. The fourth-order valence-corrected chi connectivity index (χ4v) is 1.63. The molecule has 0 unspecified atom stereocenters. The zero-order valence-corrected chi connectivity index (χ0v) is 10.4. The summed E-state index contributed by atoms with van der Waals surface area (Å²) in [5, 5.41) is 18.3. The summed E-state index contributed by atoms with van der Waals surface area (Å²) in [4.78, 5) is 21.6. The summed E-state index contributed by atoms with van der Waals surface area (Å²) in [5.41, 5.74) is 5.21. The van der Waals surface area contributed by atoms with Crippen molar-refractivity contribution in [2.24, 2.45) is 0 Å². The molecular weight excluding hydrogens is 273 g/mol. The fraction of sp³-hybridized carbons (Fsp3) is 0.500. The number of rotatable bonds is 6. The number of aliphatic hydroxyl groups excluding tert-OH is 2. The molecule has 9 nitrogen and oxygen atoms in total. The first-order valence-electron chi connectivity index (χ1n) is 5.74. The lowest BCUT2D eigenvalue weighted by atomic mass is 10.2. The van der Waals surface area contributed by atoms with Crippen molar-refractivity contribution in [3.05, 3.63) is 16.7 Å². The van der Waals surface area contributed by atoms with E-state index in [4.69, 9.17) is 15.6 Å². The van der Waals surface area contributed by atoms with E-state index in [0.717, 1.165) is 0 Å². The second-order valence-corrected chi connectivity index (χ2v) is 4.08. The van der Waals surface area contributed by atoms with Gasteiger partial charge in [-0.05, 0) is 0 Å². The number of fused-ring (bicyclic) bond motifs is 1. The van der Waals surface area contributed by atoms with Gasteiger partial charge in [0.25, 0.3) is 5.56 Å². The Hall–Kier alpha value is -2.04. The quantitative estimate of drug-likeness (QED) is 0.500. The van der Waals surface area contributed by atoms with Gasteiger partial charge in [-0.2, -0.15) is 4.98 Å². The Morgan fingerprint density at radius 2 is 2.35 bits per heavy atom. The number of aromatic amines is 1. The first kappa shape index (κ1) is 14.4. The van der Waals surface area contributed by atoms with Gasteiger partial charge in [0.15, 0.2) is 11.2 Å². The molecule has 2 aromatic rings. The van der Waals surface area contributed by atoms with Crippen molar-refractivity contribution in [1.82, 2.24) is 19.5 Å². The monoisotopic (exact) mass is 287 g/mol. The Bertz CT molecular complexity index is 642. The van der Waals surface area contributed by atoms with Crippen LogP contribution in [-0.2, 0) is 11.5 Å². The molecule has 2 heterocycles. The van der Waals surface area contributed by atoms with Crippen molar-refractivity contribution in [2.75, 3.05) is 19.0 Å². The summed E-state index contributed by atoms with van der Waals surface area (Å²) in [6.45, 7) is -1.76. The minimum absolute atomic E-state index is 0.0771. The van der Waals surface area contributed by atoms with E-state index in [1.54, 1.807) is 0 Å². The van der Waals surface area contributed by atoms with E-state index < -0.39 is 31.0 Å². The Kier molecular flexibility index (Phi) is 4.27. The molecule has 0 aliphatic rings. The van der Waals surface area contributed by atoms with Crippen LogP contribution in [0.5, 0.6) is 0 Å². The highest BCUT2D eigenvalue weighted by Gasteiger charge is 2.19. The number of aromatic nitrogens is 4. The van der Waals surface area contributed by atoms with Crippen LogP contribution in [0, 0.1) is 0 Å². The SMILES string of the molecule is Nc1nc2c(ncn2CO[C@H](CO)[C@@H](O)CF)c(=O)[nH]1. The molecule has 2 aromatic heterocycles. The average molecular weight is 287 g/mol. The van der Waals surface area contributed by atoms with Crippen LogP contribution in [0.1, 0.15) is 0 Å². The van der Waals surface area contributed by atoms with Crippen LogP contribution in [0.2, 0.25) is 0 Å². The van der Waals surface area contributed by atoms with Crippen LogP contribution in [0.15, 0.2) is 11.1 Å². The number of H-pyrrole nitrogens is 1. The third kappa shape index (κ3) is 2.76. The molecule has 2 rings (SSSR count). The first-order valence-corrected chi connectivity index (χ1v) is 5.74. The van der Waals surface area contributed by atoms with Gasteiger partial charge in [-0.3, -0.25) is 14.3 Å². The number of aliphatic hydroxyl groups is 2. The van der Waals surface area contributed by atoms with Crippen LogP contribution in [0.3, 0.4) is 0 Å². The standard InChI is InChI=1S/C10H14FN5O4/c11-1-5(18)6(2-17)20-4-16-3-13-7-8(16)14-10(12)15-9(7)19/h3,5-6,17-18H,1-2,4H2,(H3,12,14,15,19)/t5-,6+/m0/s1. The summed E-state index contributed by atoms with van der Waals surface area (Å²) in [6, 6.07) is 0. The molecule has 0 aliphatic heterocycles. The summed E-state index contributed by atoms with van der Waals surface area (Å²) < 4.78 is 18.8. The largest absolute Gasteiger partial charge is 0.394 e.